The van der Waals surface area contributed by atoms with Crippen molar-refractivity contribution in [1.82, 2.24) is 4.98 Å². The first kappa shape index (κ1) is 18.5. The SMILES string of the molecule is O=C(OCC(=O)c1c[nH]c2ccccc12)c1ccc(OCc2ccccc2)cc1. The van der Waals surface area contributed by atoms with E-state index in [2.05, 4.69) is 4.98 Å². The number of nitrogens with one attached hydrogen (secondary N) is 1. The van der Waals surface area contributed by atoms with Gasteiger partial charge in [-0.05, 0) is 35.9 Å². The Hall–Kier alpha value is -3.86. The smallest absolute Gasteiger partial charge is 0.338 e. The Kier molecular flexibility index (Phi) is 5.38. The Labute approximate surface area is 167 Å². The molecule has 1 N–H and O–H groups in total. The summed E-state index contributed by atoms with van der Waals surface area (Å²) in [6.45, 7) is 0.136. The average molecular weight is 385 g/mol. The normalized spacial score (nSPS) is 10.6. The summed E-state index contributed by atoms with van der Waals surface area (Å²) in [6.07, 6.45) is 1.64. The molecule has 0 aliphatic heterocycles. The zero-order valence-electron chi connectivity index (χ0n) is 15.6. The zero-order chi connectivity index (χ0) is 20.1. The number of aromatic nitrogens is 1. The van der Waals surface area contributed by atoms with Crippen LogP contribution >= 0.6 is 0 Å². The van der Waals surface area contributed by atoms with Crippen molar-refractivity contribution >= 4 is 22.7 Å². The minimum Gasteiger partial charge on any atom is -0.489 e. The molecule has 1 aromatic heterocycles. The number of ether oxygens (including phenoxy) is 2. The molecular formula is C24H19NO4. The molecule has 0 fully saturated rings. The third kappa shape index (κ3) is 4.35. The van der Waals surface area contributed by atoms with Crippen molar-refractivity contribution in [3.8, 4) is 5.75 Å². The van der Waals surface area contributed by atoms with E-state index in [4.69, 9.17) is 9.47 Å². The lowest BCUT2D eigenvalue weighted by Crippen LogP contribution is -2.14. The molecule has 0 atom stereocenters. The number of esters is 1. The lowest BCUT2D eigenvalue weighted by molar-refractivity contribution is 0.0475. The third-order valence-corrected chi connectivity index (χ3v) is 4.56. The van der Waals surface area contributed by atoms with Crippen LogP contribution < -0.4 is 4.74 Å². The van der Waals surface area contributed by atoms with Gasteiger partial charge in [-0.25, -0.2) is 4.79 Å². The molecule has 5 nitrogen and oxygen atoms in total. The molecule has 0 saturated heterocycles. The van der Waals surface area contributed by atoms with Gasteiger partial charge in [-0.1, -0.05) is 48.5 Å². The van der Waals surface area contributed by atoms with Gasteiger partial charge in [-0.15, -0.1) is 0 Å². The number of ketones is 1. The maximum absolute atomic E-state index is 12.4. The number of Topliss-reactive ketones (excluding diaryl/α,β-unsaturated/α-hetero) is 1. The number of hydrogen-bond donors (Lipinski definition) is 1. The molecule has 3 aromatic carbocycles. The second-order valence-electron chi connectivity index (χ2n) is 6.55. The Bertz CT molecular complexity index is 1130. The summed E-state index contributed by atoms with van der Waals surface area (Å²) in [6, 6.07) is 24.0. The summed E-state index contributed by atoms with van der Waals surface area (Å²) in [7, 11) is 0. The van der Waals surface area contributed by atoms with Gasteiger partial charge in [0.15, 0.2) is 6.61 Å². The molecule has 0 aliphatic carbocycles. The fourth-order valence-corrected chi connectivity index (χ4v) is 3.02. The van der Waals surface area contributed by atoms with Crippen LogP contribution in [0, 0.1) is 0 Å². The molecular weight excluding hydrogens is 366 g/mol. The number of carbonyl (C=O) groups is 2. The molecule has 5 heteroatoms. The van der Waals surface area contributed by atoms with Crippen molar-refractivity contribution in [2.24, 2.45) is 0 Å². The van der Waals surface area contributed by atoms with Crippen LogP contribution in [0.2, 0.25) is 0 Å². The number of para-hydroxylation sites is 1. The van der Waals surface area contributed by atoms with Crippen LogP contribution in [0.3, 0.4) is 0 Å². The number of benzene rings is 3. The summed E-state index contributed by atoms with van der Waals surface area (Å²) in [5.74, 6) is -0.147. The van der Waals surface area contributed by atoms with E-state index in [0.717, 1.165) is 16.5 Å². The molecule has 1 heterocycles. The van der Waals surface area contributed by atoms with Gasteiger partial charge < -0.3 is 14.5 Å². The Morgan fingerprint density at radius 1 is 0.828 bits per heavy atom. The van der Waals surface area contributed by atoms with Crippen molar-refractivity contribution in [2.75, 3.05) is 6.61 Å². The molecule has 0 saturated carbocycles. The van der Waals surface area contributed by atoms with Crippen molar-refractivity contribution in [3.05, 3.63) is 102 Å². The van der Waals surface area contributed by atoms with Gasteiger partial charge in [0.2, 0.25) is 5.78 Å². The largest absolute Gasteiger partial charge is 0.489 e. The number of H-pyrrole nitrogens is 1. The zero-order valence-corrected chi connectivity index (χ0v) is 15.6. The van der Waals surface area contributed by atoms with Crippen LogP contribution in [0.25, 0.3) is 10.9 Å². The second kappa shape index (κ2) is 8.44. The van der Waals surface area contributed by atoms with E-state index >= 15 is 0 Å². The summed E-state index contributed by atoms with van der Waals surface area (Å²) in [4.78, 5) is 27.7. The molecule has 4 aromatic rings. The Morgan fingerprint density at radius 3 is 2.34 bits per heavy atom. The van der Waals surface area contributed by atoms with Crippen molar-refractivity contribution in [2.45, 2.75) is 6.61 Å². The molecule has 0 spiro atoms. The van der Waals surface area contributed by atoms with Crippen LogP contribution in [0.4, 0.5) is 0 Å². The van der Waals surface area contributed by atoms with E-state index < -0.39 is 5.97 Å². The van der Waals surface area contributed by atoms with E-state index in [0.29, 0.717) is 23.5 Å². The van der Waals surface area contributed by atoms with Gasteiger partial charge in [0.1, 0.15) is 12.4 Å². The fourth-order valence-electron chi connectivity index (χ4n) is 3.02. The topological polar surface area (TPSA) is 68.4 Å². The Balaban J connectivity index is 1.33. The molecule has 29 heavy (non-hydrogen) atoms. The first-order valence-electron chi connectivity index (χ1n) is 9.24. The molecule has 0 aliphatic rings. The first-order valence-corrected chi connectivity index (χ1v) is 9.24. The van der Waals surface area contributed by atoms with Crippen molar-refractivity contribution < 1.29 is 19.1 Å². The average Bonchev–Trinajstić information content (AvgIpc) is 3.21. The number of rotatable bonds is 7. The van der Waals surface area contributed by atoms with Crippen LogP contribution in [0.15, 0.2) is 85.1 Å². The highest BCUT2D eigenvalue weighted by atomic mass is 16.5. The fraction of sp³-hybridized carbons (Fsp3) is 0.0833. The van der Waals surface area contributed by atoms with Gasteiger partial charge in [0, 0.05) is 22.7 Å². The number of aromatic amines is 1. The highest BCUT2D eigenvalue weighted by molar-refractivity contribution is 6.09. The standard InChI is InChI=1S/C24H19NO4/c26-23(21-14-25-22-9-5-4-8-20(21)22)16-29-24(27)18-10-12-19(13-11-18)28-15-17-6-2-1-3-7-17/h1-14,25H,15-16H2. The minimum atomic E-state index is -0.548. The highest BCUT2D eigenvalue weighted by Gasteiger charge is 2.15. The Morgan fingerprint density at radius 2 is 1.55 bits per heavy atom. The van der Waals surface area contributed by atoms with E-state index in [9.17, 15) is 9.59 Å². The number of carbonyl (C=O) groups excluding carboxylic acids is 2. The molecule has 0 radical (unpaired) electrons. The van der Waals surface area contributed by atoms with E-state index in [1.165, 1.54) is 0 Å². The summed E-state index contributed by atoms with van der Waals surface area (Å²) < 4.78 is 10.9. The predicted molar refractivity (Wildman–Crippen MR) is 110 cm³/mol. The maximum Gasteiger partial charge on any atom is 0.338 e. The van der Waals surface area contributed by atoms with Crippen LogP contribution in [-0.4, -0.2) is 23.3 Å². The van der Waals surface area contributed by atoms with E-state index in [1.807, 2.05) is 54.6 Å². The number of hydrogen-bond acceptors (Lipinski definition) is 4. The summed E-state index contributed by atoms with van der Waals surface area (Å²) in [5, 5.41) is 0.813. The predicted octanol–water partition coefficient (Wildman–Crippen LogP) is 4.79. The lowest BCUT2D eigenvalue weighted by atomic mass is 10.1. The summed E-state index contributed by atoms with van der Waals surface area (Å²) in [5.41, 5.74) is 2.81. The van der Waals surface area contributed by atoms with Crippen LogP contribution in [0.1, 0.15) is 26.3 Å². The highest BCUT2D eigenvalue weighted by Crippen LogP contribution is 2.19. The van der Waals surface area contributed by atoms with Gasteiger partial charge >= 0.3 is 5.97 Å². The summed E-state index contributed by atoms with van der Waals surface area (Å²) >= 11 is 0. The lowest BCUT2D eigenvalue weighted by Gasteiger charge is -2.07. The van der Waals surface area contributed by atoms with Gasteiger partial charge in [0.25, 0.3) is 0 Å². The number of fused-ring (bicyclic) bond motifs is 1. The van der Waals surface area contributed by atoms with Crippen LogP contribution in [0.5, 0.6) is 5.75 Å². The third-order valence-electron chi connectivity index (χ3n) is 4.56. The molecule has 0 amide bonds. The van der Waals surface area contributed by atoms with Crippen molar-refractivity contribution in [1.29, 1.82) is 0 Å². The molecule has 0 unspecified atom stereocenters. The molecule has 4 rings (SSSR count). The first-order chi connectivity index (χ1) is 14.2. The van der Waals surface area contributed by atoms with E-state index in [1.54, 1.807) is 30.5 Å². The quantitative estimate of drug-likeness (QED) is 0.367. The minimum absolute atomic E-state index is 0.251. The maximum atomic E-state index is 12.4. The second-order valence-corrected chi connectivity index (χ2v) is 6.55. The van der Waals surface area contributed by atoms with Gasteiger partial charge in [-0.2, -0.15) is 0 Å². The van der Waals surface area contributed by atoms with Gasteiger partial charge in [0.05, 0.1) is 5.56 Å². The van der Waals surface area contributed by atoms with Crippen molar-refractivity contribution in [3.63, 3.8) is 0 Å². The monoisotopic (exact) mass is 385 g/mol. The molecule has 144 valence electrons. The van der Waals surface area contributed by atoms with Crippen LogP contribution in [-0.2, 0) is 11.3 Å². The van der Waals surface area contributed by atoms with Gasteiger partial charge in [-0.3, -0.25) is 4.79 Å². The molecule has 0 bridgehead atoms. The van der Waals surface area contributed by atoms with E-state index in [-0.39, 0.29) is 12.4 Å².